The quantitative estimate of drug-likeness (QED) is 0.0482. The molecule has 2 fully saturated rings. The van der Waals surface area contributed by atoms with E-state index in [1.54, 1.807) is 10.9 Å². The molecule has 0 radical (unpaired) electrons. The Kier molecular flexibility index (Phi) is 19.8. The third-order valence-electron chi connectivity index (χ3n) is 6.85. The molecular formula is C28H45ClN6O10P2. The summed E-state index contributed by atoms with van der Waals surface area (Å²) in [5.74, 6) is 3.05. The maximum atomic E-state index is 9.90. The van der Waals surface area contributed by atoms with Gasteiger partial charge in [0.15, 0.2) is 28.6 Å². The maximum absolute atomic E-state index is 9.90. The summed E-state index contributed by atoms with van der Waals surface area (Å²) in [6.07, 6.45) is 11.8. The molecule has 2 saturated heterocycles. The number of carbonyl (C=O) groups is 1. The Morgan fingerprint density at radius 3 is 2.36 bits per heavy atom. The molecule has 0 spiro atoms. The molecule has 4 N–H and O–H groups in total. The third-order valence-corrected chi connectivity index (χ3v) is 9.45. The predicted molar refractivity (Wildman–Crippen MR) is 177 cm³/mol. The van der Waals surface area contributed by atoms with Gasteiger partial charge in [-0.15, -0.1) is 6.42 Å². The normalized spacial score (nSPS) is 18.6. The van der Waals surface area contributed by atoms with E-state index in [-0.39, 0.29) is 30.1 Å². The Morgan fingerprint density at radius 1 is 1.02 bits per heavy atom. The zero-order valence-electron chi connectivity index (χ0n) is 26.3. The van der Waals surface area contributed by atoms with Crippen molar-refractivity contribution < 1.29 is 47.7 Å². The molecule has 264 valence electrons. The van der Waals surface area contributed by atoms with Crippen LogP contribution in [0.4, 0.5) is 5.82 Å². The minimum absolute atomic E-state index is 0.140. The molecule has 2 aromatic heterocycles. The molecule has 0 saturated carbocycles. The van der Waals surface area contributed by atoms with Crippen molar-refractivity contribution in [3.8, 4) is 12.3 Å². The Bertz CT molecular complexity index is 1210. The van der Waals surface area contributed by atoms with E-state index < -0.39 is 16.8 Å². The fourth-order valence-electron chi connectivity index (χ4n) is 4.73. The second kappa shape index (κ2) is 23.5. The van der Waals surface area contributed by atoms with Gasteiger partial charge in [0.1, 0.15) is 12.4 Å². The first-order valence-corrected chi connectivity index (χ1v) is 18.6. The molecular weight excluding hydrogens is 678 g/mol. The van der Waals surface area contributed by atoms with Gasteiger partial charge in [0.05, 0.1) is 76.4 Å². The smallest absolute Gasteiger partial charge is 0.226 e. The number of hydrogen-bond acceptors (Lipinski definition) is 14. The van der Waals surface area contributed by atoms with Gasteiger partial charge in [0, 0.05) is 19.6 Å². The standard InChI is InChI=1S/C16H24ClN5O5P2.C12H21NO5/c17-16-19-14(21-6-2-1-3-7-21)12-8-18-22(15(12)20-16)13-5-4-11(27-13)9-26-29(25)10-28(23)24;1-2-4-15-6-8-17-10-11-18-9-7-16-5-3-13-12-14/h8,11,13,23-25H,1-7,9-10H2;1,12H,3-11H2,(H,13,14). The van der Waals surface area contributed by atoms with E-state index in [1.807, 2.05) is 0 Å². The molecule has 2 aromatic rings. The second-order valence-electron chi connectivity index (χ2n) is 10.3. The molecule has 19 heteroatoms. The van der Waals surface area contributed by atoms with Gasteiger partial charge in [-0.05, 0) is 43.7 Å². The number of carbonyl (C=O) groups excluding carboxylic acids is 1. The van der Waals surface area contributed by atoms with Gasteiger partial charge in [0.2, 0.25) is 11.7 Å². The molecule has 0 aliphatic carbocycles. The molecule has 4 heterocycles. The fourth-order valence-corrected chi connectivity index (χ4v) is 6.42. The molecule has 0 aromatic carbocycles. The number of rotatable bonds is 21. The molecule has 2 aliphatic rings. The third kappa shape index (κ3) is 15.1. The van der Waals surface area contributed by atoms with Crippen LogP contribution in [0, 0.1) is 12.3 Å². The van der Waals surface area contributed by atoms with Crippen LogP contribution >= 0.6 is 28.4 Å². The van der Waals surface area contributed by atoms with Crippen molar-refractivity contribution in [3.05, 3.63) is 11.5 Å². The van der Waals surface area contributed by atoms with Crippen LogP contribution in [0.25, 0.3) is 11.0 Å². The SMILES string of the molecule is C#CCOCCOCCOCCOCCNC=O.OP(O)CP(O)OCC1CCC(n2ncc3c(N4CCCCC4)nc(Cl)nc32)O1. The summed E-state index contributed by atoms with van der Waals surface area (Å²) in [6.45, 7) is 6.47. The van der Waals surface area contributed by atoms with Crippen LogP contribution < -0.4 is 10.2 Å². The van der Waals surface area contributed by atoms with E-state index in [0.717, 1.165) is 50.0 Å². The first-order valence-electron chi connectivity index (χ1n) is 15.4. The van der Waals surface area contributed by atoms with Crippen molar-refractivity contribution >= 4 is 51.6 Å². The number of nitrogens with zero attached hydrogens (tertiary/aromatic N) is 5. The van der Waals surface area contributed by atoms with Crippen molar-refractivity contribution in [3.63, 3.8) is 0 Å². The molecule has 3 unspecified atom stereocenters. The van der Waals surface area contributed by atoms with Crippen LogP contribution in [0.3, 0.4) is 0 Å². The number of anilines is 1. The van der Waals surface area contributed by atoms with Crippen molar-refractivity contribution in [1.82, 2.24) is 25.1 Å². The Labute approximate surface area is 282 Å². The molecule has 47 heavy (non-hydrogen) atoms. The van der Waals surface area contributed by atoms with Crippen LogP contribution in [0.5, 0.6) is 0 Å². The van der Waals surface area contributed by atoms with E-state index in [1.165, 1.54) is 6.42 Å². The number of ether oxygens (including phenoxy) is 5. The second-order valence-corrected chi connectivity index (χ2v) is 13.5. The summed E-state index contributed by atoms with van der Waals surface area (Å²) in [4.78, 5) is 48.6. The summed E-state index contributed by atoms with van der Waals surface area (Å²) >= 11 is 6.22. The highest BCUT2D eigenvalue weighted by molar-refractivity contribution is 7.63. The van der Waals surface area contributed by atoms with Crippen LogP contribution in [0.1, 0.15) is 38.3 Å². The summed E-state index contributed by atoms with van der Waals surface area (Å²) in [5.41, 5.74) is 0.646. The predicted octanol–water partition coefficient (Wildman–Crippen LogP) is 2.15. The molecule has 16 nitrogen and oxygen atoms in total. The average Bonchev–Trinajstić information content (AvgIpc) is 3.71. The minimum atomic E-state index is -2.17. The first-order chi connectivity index (χ1) is 22.9. The van der Waals surface area contributed by atoms with Crippen LogP contribution in [0.2, 0.25) is 5.28 Å². The zero-order valence-corrected chi connectivity index (χ0v) is 28.9. The Balaban J connectivity index is 0.000000290. The highest BCUT2D eigenvalue weighted by Gasteiger charge is 2.30. The van der Waals surface area contributed by atoms with Crippen molar-refractivity contribution in [1.29, 1.82) is 0 Å². The molecule has 3 atom stereocenters. The molecule has 1 amide bonds. The van der Waals surface area contributed by atoms with Gasteiger partial charge >= 0.3 is 0 Å². The monoisotopic (exact) mass is 722 g/mol. The van der Waals surface area contributed by atoms with Gasteiger partial charge < -0.3 is 53.1 Å². The van der Waals surface area contributed by atoms with Gasteiger partial charge in [-0.1, -0.05) is 5.92 Å². The van der Waals surface area contributed by atoms with Crippen molar-refractivity contribution in [2.24, 2.45) is 0 Å². The largest absolute Gasteiger partial charge is 0.377 e. The summed E-state index contributed by atoms with van der Waals surface area (Å²) in [5, 5.41) is 8.04. The molecule has 0 bridgehead atoms. The van der Waals surface area contributed by atoms with E-state index in [9.17, 15) is 9.69 Å². The summed E-state index contributed by atoms with van der Waals surface area (Å²) in [7, 11) is -4.02. The van der Waals surface area contributed by atoms with Crippen LogP contribution in [0.15, 0.2) is 6.20 Å². The van der Waals surface area contributed by atoms with E-state index in [4.69, 9.17) is 56.0 Å². The summed E-state index contributed by atoms with van der Waals surface area (Å²) in [6, 6.07) is 0. The lowest BCUT2D eigenvalue weighted by atomic mass is 10.1. The van der Waals surface area contributed by atoms with Crippen molar-refractivity contribution in [2.45, 2.75) is 44.4 Å². The van der Waals surface area contributed by atoms with Crippen molar-refractivity contribution in [2.75, 3.05) is 89.9 Å². The van der Waals surface area contributed by atoms with Crippen LogP contribution in [-0.4, -0.2) is 132 Å². The number of halogens is 1. The van der Waals surface area contributed by atoms with Gasteiger partial charge in [-0.25, -0.2) is 4.68 Å². The number of fused-ring (bicyclic) bond motifs is 1. The summed E-state index contributed by atoms with van der Waals surface area (Å²) < 4.78 is 33.8. The number of hydrogen-bond donors (Lipinski definition) is 4. The van der Waals surface area contributed by atoms with Crippen LogP contribution in [-0.2, 0) is 33.0 Å². The van der Waals surface area contributed by atoms with Gasteiger partial charge in [-0.2, -0.15) is 15.1 Å². The number of amides is 1. The zero-order chi connectivity index (χ0) is 33.7. The van der Waals surface area contributed by atoms with Gasteiger partial charge in [-0.3, -0.25) is 4.79 Å². The highest BCUT2D eigenvalue weighted by atomic mass is 35.5. The van der Waals surface area contributed by atoms with E-state index in [2.05, 4.69) is 31.2 Å². The topological polar surface area (TPSA) is 192 Å². The molecule has 4 rings (SSSR count). The van der Waals surface area contributed by atoms with E-state index >= 15 is 0 Å². The number of piperidine rings is 1. The molecule has 2 aliphatic heterocycles. The number of terminal acetylenes is 1. The lowest BCUT2D eigenvalue weighted by Gasteiger charge is -2.28. The first kappa shape index (κ1) is 39.6. The number of nitrogens with one attached hydrogen (secondary N) is 1. The highest BCUT2D eigenvalue weighted by Crippen LogP contribution is 2.44. The Morgan fingerprint density at radius 2 is 1.70 bits per heavy atom. The van der Waals surface area contributed by atoms with Gasteiger partial charge in [0.25, 0.3) is 0 Å². The maximum Gasteiger partial charge on any atom is 0.226 e. The number of aromatic nitrogens is 4. The average molecular weight is 723 g/mol. The lowest BCUT2D eigenvalue weighted by Crippen LogP contribution is -2.30. The fraction of sp³-hybridized carbons (Fsp3) is 0.714. The van der Waals surface area contributed by atoms with E-state index in [0.29, 0.717) is 71.5 Å². The minimum Gasteiger partial charge on any atom is -0.377 e. The Hall–Kier alpha value is -1.83. The lowest BCUT2D eigenvalue weighted by molar-refractivity contribution is -0.109.